The van der Waals surface area contributed by atoms with Gasteiger partial charge >= 0.3 is 0 Å². The minimum Gasteiger partial charge on any atom is -0.368 e. The molecule has 2 saturated carbocycles. The van der Waals surface area contributed by atoms with E-state index in [2.05, 4.69) is 35.8 Å². The summed E-state index contributed by atoms with van der Waals surface area (Å²) < 4.78 is 4.31. The summed E-state index contributed by atoms with van der Waals surface area (Å²) in [5.74, 6) is 1.14. The molecule has 1 amide bonds. The van der Waals surface area contributed by atoms with E-state index in [0.29, 0.717) is 0 Å². The Labute approximate surface area is 196 Å². The molecule has 3 aromatic rings. The number of amides is 1. The van der Waals surface area contributed by atoms with Crippen molar-refractivity contribution in [2.24, 2.45) is 17.6 Å². The van der Waals surface area contributed by atoms with E-state index in [-0.39, 0.29) is 17.7 Å². The minimum absolute atomic E-state index is 0.176. The summed E-state index contributed by atoms with van der Waals surface area (Å²) in [5.41, 5.74) is 9.65. The number of rotatable bonds is 6. The molecule has 2 N–H and O–H groups in total. The number of para-hydroxylation sites is 2. The van der Waals surface area contributed by atoms with Gasteiger partial charge in [-0.2, -0.15) is 5.10 Å². The van der Waals surface area contributed by atoms with Crippen molar-refractivity contribution < 1.29 is 4.79 Å². The van der Waals surface area contributed by atoms with E-state index < -0.39 is 5.54 Å². The maximum absolute atomic E-state index is 13.9. The SMILES string of the molecule is CCn1nc(C)cc1-c1nc2ccccc2n1C(C(N)=O)(C1CCCCC1)C1CCCCC1. The molecule has 0 atom stereocenters. The van der Waals surface area contributed by atoms with Crippen LogP contribution in [-0.2, 0) is 16.9 Å². The summed E-state index contributed by atoms with van der Waals surface area (Å²) in [7, 11) is 0. The fraction of sp³-hybridized carbons (Fsp3) is 0.593. The molecule has 176 valence electrons. The first-order valence-electron chi connectivity index (χ1n) is 12.9. The second-order valence-electron chi connectivity index (χ2n) is 10.1. The molecule has 0 radical (unpaired) electrons. The summed E-state index contributed by atoms with van der Waals surface area (Å²) in [6.07, 6.45) is 11.4. The van der Waals surface area contributed by atoms with E-state index in [4.69, 9.17) is 15.8 Å². The Hall–Kier alpha value is -2.63. The lowest BCUT2D eigenvalue weighted by molar-refractivity contribution is -0.135. The molecular weight excluding hydrogens is 410 g/mol. The summed E-state index contributed by atoms with van der Waals surface area (Å²) in [6.45, 7) is 4.88. The number of hydrogen-bond acceptors (Lipinski definition) is 3. The number of hydrogen-bond donors (Lipinski definition) is 1. The Bertz CT molecular complexity index is 1110. The number of imidazole rings is 1. The van der Waals surface area contributed by atoms with Crippen molar-refractivity contribution in [2.45, 2.75) is 90.1 Å². The molecular formula is C27H37N5O. The third kappa shape index (κ3) is 3.58. The van der Waals surface area contributed by atoms with Gasteiger partial charge in [-0.3, -0.25) is 9.48 Å². The smallest absolute Gasteiger partial charge is 0.244 e. The topological polar surface area (TPSA) is 78.7 Å². The predicted octanol–water partition coefficient (Wildman–Crippen LogP) is 5.57. The highest BCUT2D eigenvalue weighted by atomic mass is 16.1. The number of nitrogens with two attached hydrogens (primary N) is 1. The van der Waals surface area contributed by atoms with Gasteiger partial charge in [-0.1, -0.05) is 50.7 Å². The average Bonchev–Trinajstić information content (AvgIpc) is 3.41. The van der Waals surface area contributed by atoms with Crippen molar-refractivity contribution in [3.05, 3.63) is 36.0 Å². The van der Waals surface area contributed by atoms with Crippen LogP contribution in [0.3, 0.4) is 0 Å². The molecule has 2 aromatic heterocycles. The van der Waals surface area contributed by atoms with Crippen LogP contribution in [0, 0.1) is 18.8 Å². The fourth-order valence-corrected chi connectivity index (χ4v) is 6.84. The van der Waals surface area contributed by atoms with E-state index in [9.17, 15) is 4.79 Å². The normalized spacial score (nSPS) is 18.7. The van der Waals surface area contributed by atoms with E-state index in [1.807, 2.05) is 17.7 Å². The van der Waals surface area contributed by atoms with Gasteiger partial charge in [0.05, 0.1) is 16.7 Å². The Balaban J connectivity index is 1.85. The van der Waals surface area contributed by atoms with E-state index in [1.54, 1.807) is 0 Å². The Morgan fingerprint density at radius 3 is 2.21 bits per heavy atom. The number of carbonyl (C=O) groups is 1. The first-order chi connectivity index (χ1) is 16.1. The third-order valence-corrected chi connectivity index (χ3v) is 8.21. The second kappa shape index (κ2) is 8.96. The van der Waals surface area contributed by atoms with Crippen LogP contribution in [0.5, 0.6) is 0 Å². The number of aromatic nitrogens is 4. The van der Waals surface area contributed by atoms with Gasteiger partial charge in [-0.15, -0.1) is 0 Å². The highest BCUT2D eigenvalue weighted by Gasteiger charge is 2.53. The summed E-state index contributed by atoms with van der Waals surface area (Å²) in [4.78, 5) is 19.0. The van der Waals surface area contributed by atoms with Crippen LogP contribution < -0.4 is 5.73 Å². The summed E-state index contributed by atoms with van der Waals surface area (Å²) in [6, 6.07) is 10.4. The monoisotopic (exact) mass is 447 g/mol. The second-order valence-corrected chi connectivity index (χ2v) is 10.1. The number of nitrogens with zero attached hydrogens (tertiary/aromatic N) is 4. The molecule has 0 aliphatic heterocycles. The van der Waals surface area contributed by atoms with E-state index in [1.165, 1.54) is 38.5 Å². The van der Waals surface area contributed by atoms with Gasteiger partial charge in [-0.05, 0) is 69.6 Å². The first-order valence-corrected chi connectivity index (χ1v) is 12.9. The van der Waals surface area contributed by atoms with Crippen molar-refractivity contribution in [3.8, 4) is 11.5 Å². The maximum atomic E-state index is 13.9. The third-order valence-electron chi connectivity index (χ3n) is 8.21. The predicted molar refractivity (Wildman–Crippen MR) is 132 cm³/mol. The van der Waals surface area contributed by atoms with Crippen LogP contribution in [0.4, 0.5) is 0 Å². The zero-order chi connectivity index (χ0) is 23.0. The van der Waals surface area contributed by atoms with Crippen LogP contribution in [-0.4, -0.2) is 25.2 Å². The van der Waals surface area contributed by atoms with Crippen LogP contribution in [0.15, 0.2) is 30.3 Å². The van der Waals surface area contributed by atoms with Gasteiger partial charge in [0.2, 0.25) is 5.91 Å². The molecule has 2 fully saturated rings. The van der Waals surface area contributed by atoms with Crippen molar-refractivity contribution in [3.63, 3.8) is 0 Å². The molecule has 6 heteroatoms. The number of primary amides is 1. The van der Waals surface area contributed by atoms with E-state index >= 15 is 0 Å². The largest absolute Gasteiger partial charge is 0.368 e. The van der Waals surface area contributed by atoms with Gasteiger partial charge in [-0.25, -0.2) is 4.98 Å². The molecule has 0 unspecified atom stereocenters. The Morgan fingerprint density at radius 1 is 1.03 bits per heavy atom. The average molecular weight is 448 g/mol. The molecule has 0 bridgehead atoms. The molecule has 0 saturated heterocycles. The van der Waals surface area contributed by atoms with Crippen molar-refractivity contribution >= 4 is 16.9 Å². The van der Waals surface area contributed by atoms with Crippen LogP contribution in [0.1, 0.15) is 76.8 Å². The quantitative estimate of drug-likeness (QED) is 0.536. The lowest BCUT2D eigenvalue weighted by atomic mass is 9.63. The fourth-order valence-electron chi connectivity index (χ4n) is 6.84. The lowest BCUT2D eigenvalue weighted by Gasteiger charge is -2.48. The zero-order valence-corrected chi connectivity index (χ0v) is 20.1. The molecule has 2 aliphatic rings. The van der Waals surface area contributed by atoms with Gasteiger partial charge < -0.3 is 10.3 Å². The zero-order valence-electron chi connectivity index (χ0n) is 20.1. The standard InChI is InChI=1S/C27H37N5O/c1-3-31-24(18-19(2)30-31)25-29-22-16-10-11-17-23(22)32(25)27(26(28)33,20-12-6-4-7-13-20)21-14-8-5-9-15-21/h10-11,16-18,20-21H,3-9,12-15H2,1-2H3,(H2,28,33). The van der Waals surface area contributed by atoms with Gasteiger partial charge in [0, 0.05) is 6.54 Å². The van der Waals surface area contributed by atoms with Gasteiger partial charge in [0.1, 0.15) is 11.2 Å². The van der Waals surface area contributed by atoms with Crippen molar-refractivity contribution in [2.75, 3.05) is 0 Å². The van der Waals surface area contributed by atoms with Crippen molar-refractivity contribution in [1.29, 1.82) is 0 Å². The highest BCUT2D eigenvalue weighted by Crippen LogP contribution is 2.50. The lowest BCUT2D eigenvalue weighted by Crippen LogP contribution is -2.58. The molecule has 2 aliphatic carbocycles. The summed E-state index contributed by atoms with van der Waals surface area (Å²) >= 11 is 0. The highest BCUT2D eigenvalue weighted by molar-refractivity contribution is 5.89. The van der Waals surface area contributed by atoms with Gasteiger partial charge in [0.25, 0.3) is 0 Å². The molecule has 0 spiro atoms. The maximum Gasteiger partial charge on any atom is 0.244 e. The van der Waals surface area contributed by atoms with Crippen LogP contribution in [0.25, 0.3) is 22.6 Å². The van der Waals surface area contributed by atoms with Crippen LogP contribution >= 0.6 is 0 Å². The van der Waals surface area contributed by atoms with Gasteiger partial charge in [0.15, 0.2) is 5.82 Å². The number of benzene rings is 1. The Kier molecular flexibility index (Phi) is 6.02. The molecule has 33 heavy (non-hydrogen) atoms. The van der Waals surface area contributed by atoms with E-state index in [0.717, 1.165) is 60.5 Å². The molecule has 2 heterocycles. The Morgan fingerprint density at radius 2 is 1.64 bits per heavy atom. The summed E-state index contributed by atoms with van der Waals surface area (Å²) in [5, 5.41) is 4.72. The molecule has 1 aromatic carbocycles. The molecule has 6 nitrogen and oxygen atoms in total. The van der Waals surface area contributed by atoms with Crippen LogP contribution in [0.2, 0.25) is 0 Å². The molecule has 5 rings (SSSR count). The number of carbonyl (C=O) groups excluding carboxylic acids is 1. The first kappa shape index (κ1) is 22.2. The number of fused-ring (bicyclic) bond motifs is 1. The minimum atomic E-state index is -0.761. The number of aryl methyl sites for hydroxylation is 2. The van der Waals surface area contributed by atoms with Crippen molar-refractivity contribution in [1.82, 2.24) is 19.3 Å².